The minimum Gasteiger partial charge on any atom is -0.356 e. The van der Waals surface area contributed by atoms with Crippen LogP contribution in [0.15, 0.2) is 65.3 Å². The molecule has 0 spiro atoms. The SMILES string of the molecule is CCN(CC1CCC1)c1nc2ccccc2cc1CN(Cc1cc(C(F)(F)F)cc(C(F)(F)F)c1)C1=NC(C)=C1. The van der Waals surface area contributed by atoms with Gasteiger partial charge in [-0.1, -0.05) is 24.6 Å². The molecule has 0 saturated heterocycles. The first-order valence-electron chi connectivity index (χ1n) is 13.3. The lowest BCUT2D eigenvalue weighted by atomic mass is 9.85. The second kappa shape index (κ2) is 10.8. The number of para-hydroxylation sites is 1. The predicted molar refractivity (Wildman–Crippen MR) is 144 cm³/mol. The van der Waals surface area contributed by atoms with Crippen LogP contribution in [0.1, 0.15) is 55.4 Å². The van der Waals surface area contributed by atoms with E-state index in [1.54, 1.807) is 17.9 Å². The van der Waals surface area contributed by atoms with Crippen molar-refractivity contribution in [1.29, 1.82) is 0 Å². The van der Waals surface area contributed by atoms with Crippen LogP contribution in [0.5, 0.6) is 0 Å². The van der Waals surface area contributed by atoms with Crippen LogP contribution in [-0.4, -0.2) is 28.8 Å². The number of hydrogen-bond acceptors (Lipinski definition) is 4. The summed E-state index contributed by atoms with van der Waals surface area (Å²) in [5.74, 6) is 1.85. The summed E-state index contributed by atoms with van der Waals surface area (Å²) in [5, 5.41) is 0.904. The molecule has 1 saturated carbocycles. The van der Waals surface area contributed by atoms with Gasteiger partial charge in [-0.15, -0.1) is 0 Å². The lowest BCUT2D eigenvalue weighted by Crippen LogP contribution is -2.36. The molecule has 4 nitrogen and oxygen atoms in total. The molecule has 0 atom stereocenters. The third-order valence-electron chi connectivity index (χ3n) is 7.50. The Labute approximate surface area is 229 Å². The van der Waals surface area contributed by atoms with Gasteiger partial charge in [0.05, 0.1) is 16.6 Å². The van der Waals surface area contributed by atoms with E-state index < -0.39 is 23.5 Å². The molecule has 1 aliphatic carbocycles. The Kier molecular flexibility index (Phi) is 7.54. The predicted octanol–water partition coefficient (Wildman–Crippen LogP) is 8.22. The molecule has 5 rings (SSSR count). The number of alkyl halides is 6. The Balaban J connectivity index is 1.54. The van der Waals surface area contributed by atoms with Crippen molar-refractivity contribution in [3.63, 3.8) is 0 Å². The van der Waals surface area contributed by atoms with E-state index in [0.717, 1.165) is 66.0 Å². The van der Waals surface area contributed by atoms with Crippen LogP contribution in [0.4, 0.5) is 32.2 Å². The van der Waals surface area contributed by atoms with Crippen molar-refractivity contribution in [3.05, 3.63) is 82.6 Å². The van der Waals surface area contributed by atoms with Gasteiger partial charge < -0.3 is 9.80 Å². The lowest BCUT2D eigenvalue weighted by Gasteiger charge is -2.35. The van der Waals surface area contributed by atoms with Gasteiger partial charge in [0.25, 0.3) is 0 Å². The number of nitrogens with zero attached hydrogens (tertiary/aromatic N) is 4. The summed E-state index contributed by atoms with van der Waals surface area (Å²) in [7, 11) is 0. The highest BCUT2D eigenvalue weighted by molar-refractivity contribution is 5.99. The molecule has 40 heavy (non-hydrogen) atoms. The molecule has 2 aliphatic rings. The van der Waals surface area contributed by atoms with Crippen molar-refractivity contribution in [2.75, 3.05) is 18.0 Å². The normalized spacial score (nSPS) is 15.8. The summed E-state index contributed by atoms with van der Waals surface area (Å²) >= 11 is 0. The zero-order valence-electron chi connectivity index (χ0n) is 22.3. The molecule has 2 aromatic carbocycles. The van der Waals surface area contributed by atoms with Gasteiger partial charge in [0.2, 0.25) is 0 Å². The van der Waals surface area contributed by atoms with Gasteiger partial charge in [0.1, 0.15) is 11.7 Å². The molecule has 0 amide bonds. The molecule has 2 heterocycles. The first-order chi connectivity index (χ1) is 18.9. The van der Waals surface area contributed by atoms with Crippen LogP contribution in [0.3, 0.4) is 0 Å². The van der Waals surface area contributed by atoms with Crippen molar-refractivity contribution in [1.82, 2.24) is 9.88 Å². The molecule has 1 aliphatic heterocycles. The molecule has 10 heteroatoms. The highest BCUT2D eigenvalue weighted by Gasteiger charge is 2.37. The number of allylic oxidation sites excluding steroid dienone is 1. The van der Waals surface area contributed by atoms with Crippen LogP contribution in [-0.2, 0) is 25.4 Å². The first kappa shape index (κ1) is 28.0. The van der Waals surface area contributed by atoms with Gasteiger partial charge >= 0.3 is 12.4 Å². The van der Waals surface area contributed by atoms with E-state index in [9.17, 15) is 26.3 Å². The minimum atomic E-state index is -4.91. The summed E-state index contributed by atoms with van der Waals surface area (Å²) in [4.78, 5) is 13.3. The Morgan fingerprint density at radius 2 is 1.52 bits per heavy atom. The van der Waals surface area contributed by atoms with Crippen LogP contribution in [0.25, 0.3) is 10.9 Å². The summed E-state index contributed by atoms with van der Waals surface area (Å²) in [6.07, 6.45) is -4.53. The van der Waals surface area contributed by atoms with Gasteiger partial charge in [-0.3, -0.25) is 0 Å². The van der Waals surface area contributed by atoms with Crippen molar-refractivity contribution in [2.24, 2.45) is 10.9 Å². The smallest absolute Gasteiger partial charge is 0.356 e. The lowest BCUT2D eigenvalue weighted by molar-refractivity contribution is -0.143. The van der Waals surface area contributed by atoms with Crippen molar-refractivity contribution >= 4 is 22.6 Å². The summed E-state index contributed by atoms with van der Waals surface area (Å²) in [6, 6.07) is 11.4. The average molecular weight is 561 g/mol. The molecule has 212 valence electrons. The van der Waals surface area contributed by atoms with Gasteiger partial charge in [-0.05, 0) is 68.5 Å². The van der Waals surface area contributed by atoms with Gasteiger partial charge in [-0.2, -0.15) is 26.3 Å². The highest BCUT2D eigenvalue weighted by Crippen LogP contribution is 2.37. The van der Waals surface area contributed by atoms with Crippen LogP contribution < -0.4 is 4.90 Å². The molecular formula is C30H30F6N4. The van der Waals surface area contributed by atoms with Gasteiger partial charge in [0.15, 0.2) is 0 Å². The van der Waals surface area contributed by atoms with E-state index in [-0.39, 0.29) is 24.7 Å². The number of fused-ring (bicyclic) bond motifs is 1. The van der Waals surface area contributed by atoms with E-state index >= 15 is 0 Å². The second-order valence-electron chi connectivity index (χ2n) is 10.5. The number of aliphatic imine (C=N–C) groups is 1. The minimum absolute atomic E-state index is 0.0973. The Morgan fingerprint density at radius 3 is 2.08 bits per heavy atom. The maximum Gasteiger partial charge on any atom is 0.416 e. The summed E-state index contributed by atoms with van der Waals surface area (Å²) in [5.41, 5.74) is -0.361. The van der Waals surface area contributed by atoms with Gasteiger partial charge in [-0.25, -0.2) is 9.98 Å². The Morgan fingerprint density at radius 1 is 0.875 bits per heavy atom. The fraction of sp³-hybridized carbons (Fsp3) is 0.400. The van der Waals surface area contributed by atoms with Crippen molar-refractivity contribution in [2.45, 2.75) is 58.6 Å². The number of anilines is 1. The standard InChI is InChI=1S/C30H30F6N4/c1-3-39(16-20-7-6-8-20)28-23(14-22-9-4-5-10-26(22)38-28)18-40(27-11-19(2)37-27)17-21-12-24(29(31,32)33)15-25(13-21)30(34,35)36/h4-5,9-15,20H,3,6-8,16-18H2,1-2H3. The molecule has 0 bridgehead atoms. The third-order valence-corrected chi connectivity index (χ3v) is 7.50. The number of halogens is 6. The fourth-order valence-electron chi connectivity index (χ4n) is 5.17. The summed E-state index contributed by atoms with van der Waals surface area (Å²) < 4.78 is 81.3. The molecule has 0 N–H and O–H groups in total. The number of rotatable bonds is 8. The zero-order valence-corrected chi connectivity index (χ0v) is 22.3. The van der Waals surface area contributed by atoms with E-state index in [2.05, 4.69) is 16.8 Å². The van der Waals surface area contributed by atoms with Crippen LogP contribution in [0.2, 0.25) is 0 Å². The van der Waals surface area contributed by atoms with Crippen molar-refractivity contribution < 1.29 is 26.3 Å². The number of pyridine rings is 1. The topological polar surface area (TPSA) is 31.7 Å². The summed E-state index contributed by atoms with van der Waals surface area (Å²) in [6.45, 7) is 5.44. The Hall–Kier alpha value is -3.56. The zero-order chi connectivity index (χ0) is 28.7. The van der Waals surface area contributed by atoms with E-state index in [1.807, 2.05) is 30.3 Å². The second-order valence-corrected chi connectivity index (χ2v) is 10.5. The molecule has 0 radical (unpaired) electrons. The van der Waals surface area contributed by atoms with E-state index in [1.165, 1.54) is 6.42 Å². The van der Waals surface area contributed by atoms with Gasteiger partial charge in [0, 0.05) is 48.9 Å². The molecule has 1 fully saturated rings. The quantitative estimate of drug-likeness (QED) is 0.260. The Bertz CT molecular complexity index is 1420. The first-order valence-corrected chi connectivity index (χ1v) is 13.3. The number of hydrogen-bond donors (Lipinski definition) is 0. The number of amidine groups is 1. The largest absolute Gasteiger partial charge is 0.416 e. The molecule has 3 aromatic rings. The van der Waals surface area contributed by atoms with Crippen LogP contribution >= 0.6 is 0 Å². The van der Waals surface area contributed by atoms with E-state index in [0.29, 0.717) is 11.8 Å². The third kappa shape index (κ3) is 6.10. The molecular weight excluding hydrogens is 530 g/mol. The number of benzene rings is 2. The maximum atomic E-state index is 13.5. The monoisotopic (exact) mass is 560 g/mol. The molecule has 1 aromatic heterocycles. The van der Waals surface area contributed by atoms with Crippen molar-refractivity contribution in [3.8, 4) is 0 Å². The maximum absolute atomic E-state index is 13.5. The molecule has 0 unspecified atom stereocenters. The fourth-order valence-corrected chi connectivity index (χ4v) is 5.17. The number of aromatic nitrogens is 1. The van der Waals surface area contributed by atoms with E-state index in [4.69, 9.17) is 4.98 Å². The average Bonchev–Trinajstić information content (AvgIpc) is 2.84. The highest BCUT2D eigenvalue weighted by atomic mass is 19.4. The van der Waals surface area contributed by atoms with Crippen LogP contribution in [0, 0.1) is 5.92 Å².